The van der Waals surface area contributed by atoms with Gasteiger partial charge in [-0.05, 0) is 37.6 Å². The van der Waals surface area contributed by atoms with Crippen LogP contribution in [0.1, 0.15) is 26.3 Å². The lowest BCUT2D eigenvalue weighted by Gasteiger charge is -2.29. The minimum atomic E-state index is -0.781. The van der Waals surface area contributed by atoms with Gasteiger partial charge in [0.15, 0.2) is 0 Å². The fraction of sp³-hybridized carbons (Fsp3) is 0.533. The maximum Gasteiger partial charge on any atom is 0.307 e. The molecule has 1 rings (SSSR count). The maximum absolute atomic E-state index is 13.1. The molecule has 0 aliphatic rings. The highest BCUT2D eigenvalue weighted by Crippen LogP contribution is 2.12. The van der Waals surface area contributed by atoms with E-state index in [0.717, 1.165) is 18.5 Å². The number of carboxylic acids is 1. The van der Waals surface area contributed by atoms with Crippen molar-refractivity contribution in [2.24, 2.45) is 5.92 Å². The van der Waals surface area contributed by atoms with Crippen LogP contribution in [0.3, 0.4) is 0 Å². The van der Waals surface area contributed by atoms with E-state index >= 15 is 0 Å². The zero-order valence-electron chi connectivity index (χ0n) is 11.8. The number of benzene rings is 1. The fourth-order valence-electron chi connectivity index (χ4n) is 2.18. The monoisotopic (exact) mass is 267 g/mol. The van der Waals surface area contributed by atoms with Gasteiger partial charge >= 0.3 is 5.97 Å². The number of rotatable bonds is 7. The predicted octanol–water partition coefficient (Wildman–Crippen LogP) is 2.80. The summed E-state index contributed by atoms with van der Waals surface area (Å²) in [5.74, 6) is -1.40. The molecular formula is C15H22FNO2. The summed E-state index contributed by atoms with van der Waals surface area (Å²) >= 11 is 0. The molecule has 3 nitrogen and oxygen atoms in total. The van der Waals surface area contributed by atoms with Crippen LogP contribution in [0.2, 0.25) is 0 Å². The van der Waals surface area contributed by atoms with Crippen molar-refractivity contribution >= 4 is 5.97 Å². The second-order valence-corrected chi connectivity index (χ2v) is 5.01. The summed E-state index contributed by atoms with van der Waals surface area (Å²) in [6.07, 6.45) is 0.720. The van der Waals surface area contributed by atoms with E-state index in [4.69, 9.17) is 5.11 Å². The van der Waals surface area contributed by atoms with E-state index < -0.39 is 11.9 Å². The van der Waals surface area contributed by atoms with Crippen molar-refractivity contribution in [1.29, 1.82) is 0 Å². The Kier molecular flexibility index (Phi) is 5.96. The lowest BCUT2D eigenvalue weighted by atomic mass is 10.0. The second kappa shape index (κ2) is 7.24. The van der Waals surface area contributed by atoms with Crippen LogP contribution in [-0.4, -0.2) is 35.1 Å². The number of carbonyl (C=O) groups is 1. The van der Waals surface area contributed by atoms with Gasteiger partial charge in [0.25, 0.3) is 0 Å². The molecule has 1 aromatic carbocycles. The molecule has 0 radical (unpaired) electrons. The van der Waals surface area contributed by atoms with Gasteiger partial charge in [0.1, 0.15) is 5.82 Å². The molecule has 0 aromatic heterocycles. The van der Waals surface area contributed by atoms with E-state index in [1.807, 2.05) is 19.9 Å². The number of likely N-dealkylation sites (N-methyl/N-ethyl adjacent to an activating group) is 1. The molecule has 0 amide bonds. The van der Waals surface area contributed by atoms with Gasteiger partial charge in [-0.3, -0.25) is 9.69 Å². The molecule has 0 heterocycles. The molecule has 0 spiro atoms. The first kappa shape index (κ1) is 15.6. The van der Waals surface area contributed by atoms with Crippen molar-refractivity contribution in [2.45, 2.75) is 33.2 Å². The standard InChI is InChI=1S/C15H22FNO2/c1-4-17(10-11(2)15(18)19)12(3)8-13-6-5-7-14(16)9-13/h5-7,9,11-12H,4,8,10H2,1-3H3,(H,18,19). The van der Waals surface area contributed by atoms with Gasteiger partial charge in [-0.1, -0.05) is 26.0 Å². The molecule has 0 saturated heterocycles. The largest absolute Gasteiger partial charge is 0.481 e. The summed E-state index contributed by atoms with van der Waals surface area (Å²) in [5, 5.41) is 8.96. The first-order chi connectivity index (χ1) is 8.93. The van der Waals surface area contributed by atoms with E-state index in [-0.39, 0.29) is 11.9 Å². The van der Waals surface area contributed by atoms with Crippen LogP contribution in [0.4, 0.5) is 4.39 Å². The third kappa shape index (κ3) is 4.99. The van der Waals surface area contributed by atoms with Crippen LogP contribution >= 0.6 is 0 Å². The first-order valence-electron chi connectivity index (χ1n) is 6.65. The van der Waals surface area contributed by atoms with E-state index in [0.29, 0.717) is 6.54 Å². The minimum Gasteiger partial charge on any atom is -0.481 e. The van der Waals surface area contributed by atoms with Crippen LogP contribution in [0.5, 0.6) is 0 Å². The molecule has 4 heteroatoms. The topological polar surface area (TPSA) is 40.5 Å². The Labute approximate surface area is 114 Å². The van der Waals surface area contributed by atoms with Crippen LogP contribution in [0.25, 0.3) is 0 Å². The maximum atomic E-state index is 13.1. The molecule has 0 aliphatic carbocycles. The van der Waals surface area contributed by atoms with Gasteiger partial charge in [0, 0.05) is 12.6 Å². The van der Waals surface area contributed by atoms with Crippen molar-refractivity contribution in [1.82, 2.24) is 4.90 Å². The molecule has 2 unspecified atom stereocenters. The van der Waals surface area contributed by atoms with Crippen LogP contribution in [0, 0.1) is 11.7 Å². The number of halogens is 1. The summed E-state index contributed by atoms with van der Waals surface area (Å²) in [6.45, 7) is 7.07. The van der Waals surface area contributed by atoms with Gasteiger partial charge in [0.2, 0.25) is 0 Å². The molecule has 106 valence electrons. The molecule has 0 bridgehead atoms. The number of aliphatic carboxylic acids is 1. The van der Waals surface area contributed by atoms with Gasteiger partial charge in [-0.25, -0.2) is 4.39 Å². The zero-order chi connectivity index (χ0) is 14.4. The average Bonchev–Trinajstić information content (AvgIpc) is 2.35. The summed E-state index contributed by atoms with van der Waals surface area (Å²) < 4.78 is 13.1. The van der Waals surface area contributed by atoms with Crippen LogP contribution < -0.4 is 0 Å². The average molecular weight is 267 g/mol. The van der Waals surface area contributed by atoms with E-state index in [9.17, 15) is 9.18 Å². The molecule has 0 saturated carbocycles. The van der Waals surface area contributed by atoms with Crippen molar-refractivity contribution in [3.8, 4) is 0 Å². The Morgan fingerprint density at radius 3 is 2.63 bits per heavy atom. The van der Waals surface area contributed by atoms with E-state index in [1.54, 1.807) is 13.0 Å². The summed E-state index contributed by atoms with van der Waals surface area (Å²) in [7, 11) is 0. The molecule has 1 N–H and O–H groups in total. The summed E-state index contributed by atoms with van der Waals surface area (Å²) in [6, 6.07) is 6.75. The van der Waals surface area contributed by atoms with Crippen molar-refractivity contribution in [3.05, 3.63) is 35.6 Å². The van der Waals surface area contributed by atoms with Crippen molar-refractivity contribution < 1.29 is 14.3 Å². The highest BCUT2D eigenvalue weighted by Gasteiger charge is 2.19. The Morgan fingerprint density at radius 2 is 2.11 bits per heavy atom. The number of carboxylic acid groups (broad SMARTS) is 1. The number of hydrogen-bond acceptors (Lipinski definition) is 2. The van der Waals surface area contributed by atoms with Crippen LogP contribution in [0.15, 0.2) is 24.3 Å². The lowest BCUT2D eigenvalue weighted by molar-refractivity contribution is -0.141. The number of hydrogen-bond donors (Lipinski definition) is 1. The first-order valence-corrected chi connectivity index (χ1v) is 6.65. The van der Waals surface area contributed by atoms with Gasteiger partial charge in [-0.2, -0.15) is 0 Å². The van der Waals surface area contributed by atoms with Crippen molar-refractivity contribution in [3.63, 3.8) is 0 Å². The zero-order valence-corrected chi connectivity index (χ0v) is 11.8. The Morgan fingerprint density at radius 1 is 1.42 bits per heavy atom. The molecule has 19 heavy (non-hydrogen) atoms. The molecule has 1 aromatic rings. The Balaban J connectivity index is 2.63. The molecular weight excluding hydrogens is 245 g/mol. The third-order valence-corrected chi connectivity index (χ3v) is 3.38. The predicted molar refractivity (Wildman–Crippen MR) is 73.6 cm³/mol. The highest BCUT2D eigenvalue weighted by atomic mass is 19.1. The normalized spacial score (nSPS) is 14.4. The summed E-state index contributed by atoms with van der Waals surface area (Å²) in [5.41, 5.74) is 0.939. The van der Waals surface area contributed by atoms with Crippen LogP contribution in [-0.2, 0) is 11.2 Å². The highest BCUT2D eigenvalue weighted by molar-refractivity contribution is 5.69. The van der Waals surface area contributed by atoms with Gasteiger partial charge in [0.05, 0.1) is 5.92 Å². The smallest absolute Gasteiger partial charge is 0.307 e. The lowest BCUT2D eigenvalue weighted by Crippen LogP contribution is -2.39. The Hall–Kier alpha value is -1.42. The third-order valence-electron chi connectivity index (χ3n) is 3.38. The minimum absolute atomic E-state index is 0.189. The van der Waals surface area contributed by atoms with E-state index in [2.05, 4.69) is 4.90 Å². The molecule has 0 fully saturated rings. The summed E-state index contributed by atoms with van der Waals surface area (Å²) in [4.78, 5) is 13.0. The molecule has 2 atom stereocenters. The Bertz CT molecular complexity index is 422. The fourth-order valence-corrected chi connectivity index (χ4v) is 2.18. The second-order valence-electron chi connectivity index (χ2n) is 5.01. The van der Waals surface area contributed by atoms with Gasteiger partial charge in [-0.15, -0.1) is 0 Å². The quantitative estimate of drug-likeness (QED) is 0.826. The van der Waals surface area contributed by atoms with E-state index in [1.165, 1.54) is 12.1 Å². The SMILES string of the molecule is CCN(CC(C)C(=O)O)C(C)Cc1cccc(F)c1. The van der Waals surface area contributed by atoms with Gasteiger partial charge < -0.3 is 5.11 Å². The number of nitrogens with zero attached hydrogens (tertiary/aromatic N) is 1. The van der Waals surface area contributed by atoms with Crippen molar-refractivity contribution in [2.75, 3.05) is 13.1 Å². The molecule has 0 aliphatic heterocycles.